The van der Waals surface area contributed by atoms with E-state index in [1.807, 2.05) is 0 Å². The fourth-order valence-corrected chi connectivity index (χ4v) is 4.43. The number of hydrogen-bond acceptors (Lipinski definition) is 3. The molecule has 1 heterocycles. The Labute approximate surface area is 164 Å². The van der Waals surface area contributed by atoms with E-state index in [0.717, 1.165) is 64.4 Å². The summed E-state index contributed by atoms with van der Waals surface area (Å²) >= 11 is 0. The Bertz CT molecular complexity index is 512. The molecule has 1 unspecified atom stereocenters. The molecule has 2 N–H and O–H groups in total. The van der Waals surface area contributed by atoms with E-state index in [4.69, 9.17) is 9.73 Å². The summed E-state index contributed by atoms with van der Waals surface area (Å²) in [5.74, 6) is 1.56. The number of carbonyl (C=O) groups excluding carboxylic acids is 1. The average Bonchev–Trinajstić information content (AvgIpc) is 3.33. The third-order valence-electron chi connectivity index (χ3n) is 6.51. The maximum atomic E-state index is 12.8. The summed E-state index contributed by atoms with van der Waals surface area (Å²) in [5, 5.41) is 6.95. The summed E-state index contributed by atoms with van der Waals surface area (Å²) in [5.41, 5.74) is 0.358. The summed E-state index contributed by atoms with van der Waals surface area (Å²) in [6.07, 6.45) is 10.5. The molecule has 2 aliphatic carbocycles. The summed E-state index contributed by atoms with van der Waals surface area (Å²) in [6.45, 7) is 6.33. The van der Waals surface area contributed by atoms with Crippen LogP contribution in [0.1, 0.15) is 64.7 Å². The number of ether oxygens (including phenoxy) is 1. The molecule has 6 heteroatoms. The zero-order chi connectivity index (χ0) is 19.1. The normalized spacial score (nSPS) is 25.5. The number of methoxy groups -OCH3 is 1. The molecule has 27 heavy (non-hydrogen) atoms. The Morgan fingerprint density at radius 2 is 2.00 bits per heavy atom. The molecule has 1 saturated heterocycles. The van der Waals surface area contributed by atoms with Gasteiger partial charge < -0.3 is 20.3 Å². The Kier molecular flexibility index (Phi) is 7.39. The minimum Gasteiger partial charge on any atom is -0.385 e. The quantitative estimate of drug-likeness (QED) is 0.503. The molecule has 2 saturated carbocycles. The van der Waals surface area contributed by atoms with Gasteiger partial charge in [-0.25, -0.2) is 0 Å². The Balaban J connectivity index is 1.48. The second kappa shape index (κ2) is 9.76. The number of guanidine groups is 1. The van der Waals surface area contributed by atoms with Crippen LogP contribution in [-0.2, 0) is 9.53 Å². The molecule has 154 valence electrons. The van der Waals surface area contributed by atoms with Gasteiger partial charge in [-0.15, -0.1) is 0 Å². The molecule has 0 radical (unpaired) electrons. The predicted molar refractivity (Wildman–Crippen MR) is 109 cm³/mol. The first kappa shape index (κ1) is 20.4. The van der Waals surface area contributed by atoms with Crippen molar-refractivity contribution in [2.24, 2.45) is 16.3 Å². The highest BCUT2D eigenvalue weighted by atomic mass is 16.5. The molecule has 0 spiro atoms. The van der Waals surface area contributed by atoms with Crippen molar-refractivity contribution >= 4 is 11.9 Å². The first-order valence-electron chi connectivity index (χ1n) is 11.0. The first-order chi connectivity index (χ1) is 13.2. The van der Waals surface area contributed by atoms with Crippen molar-refractivity contribution in [3.05, 3.63) is 0 Å². The number of nitrogens with one attached hydrogen (secondary N) is 2. The number of likely N-dealkylation sites (tertiary alicyclic amines) is 1. The van der Waals surface area contributed by atoms with Crippen molar-refractivity contribution < 1.29 is 9.53 Å². The Morgan fingerprint density at radius 1 is 1.22 bits per heavy atom. The number of nitrogens with zero attached hydrogens (tertiary/aromatic N) is 2. The fraction of sp³-hybridized carbons (Fsp3) is 0.905. The van der Waals surface area contributed by atoms with Crippen LogP contribution in [0.5, 0.6) is 0 Å². The van der Waals surface area contributed by atoms with Crippen LogP contribution in [0.25, 0.3) is 0 Å². The third kappa shape index (κ3) is 5.84. The molecule has 0 aromatic rings. The summed E-state index contributed by atoms with van der Waals surface area (Å²) < 4.78 is 5.25. The van der Waals surface area contributed by atoms with E-state index in [2.05, 4.69) is 22.5 Å². The molecule has 0 aromatic heterocycles. The lowest BCUT2D eigenvalue weighted by atomic mass is 9.88. The first-order valence-corrected chi connectivity index (χ1v) is 11.0. The topological polar surface area (TPSA) is 66.0 Å². The van der Waals surface area contributed by atoms with Crippen LogP contribution in [0.15, 0.2) is 4.99 Å². The van der Waals surface area contributed by atoms with Crippen LogP contribution < -0.4 is 10.6 Å². The number of hydrogen-bond donors (Lipinski definition) is 2. The van der Waals surface area contributed by atoms with Crippen molar-refractivity contribution in [3.8, 4) is 0 Å². The van der Waals surface area contributed by atoms with E-state index < -0.39 is 0 Å². The van der Waals surface area contributed by atoms with E-state index in [0.29, 0.717) is 17.4 Å². The van der Waals surface area contributed by atoms with Crippen molar-refractivity contribution in [1.82, 2.24) is 15.5 Å². The van der Waals surface area contributed by atoms with E-state index >= 15 is 0 Å². The maximum Gasteiger partial charge on any atom is 0.225 e. The van der Waals surface area contributed by atoms with Crippen molar-refractivity contribution in [2.75, 3.05) is 39.9 Å². The van der Waals surface area contributed by atoms with Crippen molar-refractivity contribution in [2.45, 2.75) is 70.8 Å². The average molecular weight is 379 g/mol. The smallest absolute Gasteiger partial charge is 0.225 e. The van der Waals surface area contributed by atoms with Gasteiger partial charge in [-0.2, -0.15) is 0 Å². The highest BCUT2D eigenvalue weighted by Crippen LogP contribution is 2.48. The molecule has 0 aromatic carbocycles. The fourth-order valence-electron chi connectivity index (χ4n) is 4.43. The molecule has 0 bridgehead atoms. The highest BCUT2D eigenvalue weighted by Gasteiger charge is 2.42. The number of carbonyl (C=O) groups is 1. The van der Waals surface area contributed by atoms with Gasteiger partial charge in [0.05, 0.1) is 0 Å². The van der Waals surface area contributed by atoms with Gasteiger partial charge >= 0.3 is 0 Å². The van der Waals surface area contributed by atoms with Gasteiger partial charge in [0.25, 0.3) is 0 Å². The largest absolute Gasteiger partial charge is 0.385 e. The van der Waals surface area contributed by atoms with Crippen LogP contribution in [0.3, 0.4) is 0 Å². The lowest BCUT2D eigenvalue weighted by molar-refractivity contribution is -0.135. The predicted octanol–water partition coefficient (Wildman–Crippen LogP) is 2.54. The third-order valence-corrected chi connectivity index (χ3v) is 6.51. The molecule has 1 amide bonds. The molecular formula is C21H38N4O2. The monoisotopic (exact) mass is 378 g/mol. The zero-order valence-corrected chi connectivity index (χ0v) is 17.3. The van der Waals surface area contributed by atoms with E-state index in [1.54, 1.807) is 7.11 Å². The minimum absolute atomic E-state index is 0.273. The van der Waals surface area contributed by atoms with E-state index in [9.17, 15) is 4.79 Å². The minimum atomic E-state index is 0.273. The van der Waals surface area contributed by atoms with Gasteiger partial charge in [0.15, 0.2) is 5.96 Å². The van der Waals surface area contributed by atoms with Gasteiger partial charge in [0.1, 0.15) is 0 Å². The van der Waals surface area contributed by atoms with Crippen LogP contribution >= 0.6 is 0 Å². The molecule has 3 rings (SSSR count). The molecule has 3 fully saturated rings. The van der Waals surface area contributed by atoms with Gasteiger partial charge in [0, 0.05) is 51.9 Å². The molecule has 1 aliphatic heterocycles. The van der Waals surface area contributed by atoms with Gasteiger partial charge in [-0.3, -0.25) is 9.79 Å². The van der Waals surface area contributed by atoms with Gasteiger partial charge in [-0.1, -0.05) is 19.3 Å². The summed E-state index contributed by atoms with van der Waals surface area (Å²) in [6, 6.07) is 0.310. The molecule has 6 nitrogen and oxygen atoms in total. The van der Waals surface area contributed by atoms with Crippen molar-refractivity contribution in [3.63, 3.8) is 0 Å². The SMILES string of the molecule is CCNC(=NCC1(CCOC)CC1)NC1CCN(C(=O)C2CCCCC2)C1. The number of rotatable bonds is 8. The van der Waals surface area contributed by atoms with E-state index in [1.165, 1.54) is 32.1 Å². The van der Waals surface area contributed by atoms with Crippen LogP contribution in [0, 0.1) is 11.3 Å². The standard InChI is InChI=1S/C21H38N4O2/c1-3-22-20(23-16-21(10-11-21)12-14-27-2)24-18-9-13-25(15-18)19(26)17-7-5-4-6-8-17/h17-18H,3-16H2,1-2H3,(H2,22,23,24). The van der Waals surface area contributed by atoms with Gasteiger partial charge in [0.2, 0.25) is 5.91 Å². The summed E-state index contributed by atoms with van der Waals surface area (Å²) in [7, 11) is 1.77. The van der Waals surface area contributed by atoms with Crippen LogP contribution in [0.4, 0.5) is 0 Å². The molecule has 1 atom stereocenters. The second-order valence-corrected chi connectivity index (χ2v) is 8.69. The molecule has 3 aliphatic rings. The zero-order valence-electron chi connectivity index (χ0n) is 17.3. The van der Waals surface area contributed by atoms with Gasteiger partial charge in [-0.05, 0) is 50.9 Å². The van der Waals surface area contributed by atoms with Crippen LogP contribution in [-0.4, -0.2) is 62.7 Å². The Morgan fingerprint density at radius 3 is 2.67 bits per heavy atom. The van der Waals surface area contributed by atoms with Crippen LogP contribution in [0.2, 0.25) is 0 Å². The van der Waals surface area contributed by atoms with E-state index in [-0.39, 0.29) is 5.92 Å². The Hall–Kier alpha value is -1.30. The molecular weight excluding hydrogens is 340 g/mol. The second-order valence-electron chi connectivity index (χ2n) is 8.69. The lowest BCUT2D eigenvalue weighted by Crippen LogP contribution is -2.45. The summed E-state index contributed by atoms with van der Waals surface area (Å²) in [4.78, 5) is 19.7. The highest BCUT2D eigenvalue weighted by molar-refractivity contribution is 5.81. The number of aliphatic imine (C=N–C) groups is 1. The number of amides is 1. The van der Waals surface area contributed by atoms with Crippen molar-refractivity contribution in [1.29, 1.82) is 0 Å². The maximum absolute atomic E-state index is 12.8. The lowest BCUT2D eigenvalue weighted by Gasteiger charge is -2.26.